The summed E-state index contributed by atoms with van der Waals surface area (Å²) in [6.07, 6.45) is 6.20. The third kappa shape index (κ3) is 3.54. The van der Waals surface area contributed by atoms with E-state index in [1.807, 2.05) is 11.7 Å². The molecule has 1 heterocycles. The monoisotopic (exact) mass is 298 g/mol. The molecule has 1 aliphatic rings. The lowest BCUT2D eigenvalue weighted by atomic mass is 9.85. The lowest BCUT2D eigenvalue weighted by Crippen LogP contribution is -2.54. The van der Waals surface area contributed by atoms with Crippen molar-refractivity contribution in [2.45, 2.75) is 56.3 Å². The van der Waals surface area contributed by atoms with Crippen molar-refractivity contribution in [2.24, 2.45) is 13.0 Å². The Hall–Kier alpha value is -0.590. The predicted octanol–water partition coefficient (Wildman–Crippen LogP) is 1.83. The summed E-state index contributed by atoms with van der Waals surface area (Å²) in [5.74, 6) is 1.58. The van der Waals surface area contributed by atoms with Crippen LogP contribution in [-0.4, -0.2) is 43.8 Å². The van der Waals surface area contributed by atoms with Crippen LogP contribution < -0.4 is 5.32 Å². The fraction of sp³-hybridized carbons (Fsp3) is 0.857. The normalized spacial score (nSPS) is 26.6. The molecule has 0 saturated heterocycles. The van der Waals surface area contributed by atoms with Gasteiger partial charge in [0.25, 0.3) is 0 Å². The second kappa shape index (κ2) is 6.91. The Kier molecular flexibility index (Phi) is 5.46. The molecule has 0 aliphatic heterocycles. The summed E-state index contributed by atoms with van der Waals surface area (Å²) < 4.78 is 1.81. The lowest BCUT2D eigenvalue weighted by Gasteiger charge is -2.37. The van der Waals surface area contributed by atoms with E-state index in [1.165, 1.54) is 12.8 Å². The maximum absolute atomic E-state index is 9.87. The SMILES string of the molecule is CC(C)NC1(CO)CCCC1CCSc1ncnn1C. The van der Waals surface area contributed by atoms with E-state index in [1.54, 1.807) is 18.1 Å². The van der Waals surface area contributed by atoms with Crippen molar-refractivity contribution in [2.75, 3.05) is 12.4 Å². The molecule has 2 atom stereocenters. The van der Waals surface area contributed by atoms with Gasteiger partial charge in [0.15, 0.2) is 5.16 Å². The summed E-state index contributed by atoms with van der Waals surface area (Å²) in [5.41, 5.74) is -0.0748. The van der Waals surface area contributed by atoms with E-state index in [2.05, 4.69) is 29.2 Å². The van der Waals surface area contributed by atoms with Gasteiger partial charge in [-0.2, -0.15) is 5.10 Å². The maximum atomic E-state index is 9.87. The Balaban J connectivity index is 1.89. The van der Waals surface area contributed by atoms with Gasteiger partial charge in [-0.3, -0.25) is 0 Å². The van der Waals surface area contributed by atoms with Crippen LogP contribution in [0.5, 0.6) is 0 Å². The first-order valence-corrected chi connectivity index (χ1v) is 8.41. The fourth-order valence-electron chi connectivity index (χ4n) is 3.29. The Labute approximate surface area is 125 Å². The van der Waals surface area contributed by atoms with Gasteiger partial charge in [0.05, 0.1) is 6.61 Å². The highest BCUT2D eigenvalue weighted by Crippen LogP contribution is 2.39. The van der Waals surface area contributed by atoms with Crippen LogP contribution in [0.1, 0.15) is 39.5 Å². The largest absolute Gasteiger partial charge is 0.394 e. The average molecular weight is 298 g/mol. The zero-order chi connectivity index (χ0) is 14.6. The number of aliphatic hydroxyl groups excluding tert-OH is 1. The Bertz CT molecular complexity index is 423. The van der Waals surface area contributed by atoms with E-state index in [0.717, 1.165) is 23.8 Å². The number of hydrogen-bond donors (Lipinski definition) is 2. The molecule has 1 aromatic heterocycles. The molecule has 1 saturated carbocycles. The number of rotatable bonds is 7. The first-order chi connectivity index (χ1) is 9.57. The molecule has 0 amide bonds. The van der Waals surface area contributed by atoms with Crippen molar-refractivity contribution in [3.05, 3.63) is 6.33 Å². The Morgan fingerprint density at radius 2 is 2.40 bits per heavy atom. The third-order valence-electron chi connectivity index (χ3n) is 4.18. The molecule has 20 heavy (non-hydrogen) atoms. The van der Waals surface area contributed by atoms with Gasteiger partial charge >= 0.3 is 0 Å². The molecular weight excluding hydrogens is 272 g/mol. The highest BCUT2D eigenvalue weighted by molar-refractivity contribution is 7.99. The summed E-state index contributed by atoms with van der Waals surface area (Å²) in [7, 11) is 1.92. The van der Waals surface area contributed by atoms with Crippen molar-refractivity contribution >= 4 is 11.8 Å². The van der Waals surface area contributed by atoms with E-state index in [-0.39, 0.29) is 12.1 Å². The lowest BCUT2D eigenvalue weighted by molar-refractivity contribution is 0.113. The van der Waals surface area contributed by atoms with Crippen LogP contribution in [0.3, 0.4) is 0 Å². The summed E-state index contributed by atoms with van der Waals surface area (Å²) in [4.78, 5) is 4.23. The number of aliphatic hydroxyl groups is 1. The standard InChI is InChI=1S/C14H26N4OS/c1-11(2)17-14(9-19)7-4-5-12(14)6-8-20-13-15-10-16-18(13)3/h10-12,17,19H,4-9H2,1-3H3. The number of hydrogen-bond acceptors (Lipinski definition) is 5. The van der Waals surface area contributed by atoms with Crippen molar-refractivity contribution in [3.63, 3.8) is 0 Å². The van der Waals surface area contributed by atoms with Crippen LogP contribution in [0, 0.1) is 5.92 Å². The smallest absolute Gasteiger partial charge is 0.185 e. The van der Waals surface area contributed by atoms with Gasteiger partial charge in [-0.15, -0.1) is 0 Å². The molecule has 5 nitrogen and oxygen atoms in total. The average Bonchev–Trinajstić information content (AvgIpc) is 2.97. The van der Waals surface area contributed by atoms with Gasteiger partial charge in [0, 0.05) is 24.4 Å². The van der Waals surface area contributed by atoms with Gasteiger partial charge in [-0.25, -0.2) is 9.67 Å². The summed E-state index contributed by atoms with van der Waals surface area (Å²) in [6, 6.07) is 0.411. The van der Waals surface area contributed by atoms with Crippen molar-refractivity contribution in [1.82, 2.24) is 20.1 Å². The quantitative estimate of drug-likeness (QED) is 0.752. The molecule has 2 unspecified atom stereocenters. The topological polar surface area (TPSA) is 63.0 Å². The molecule has 1 fully saturated rings. The Morgan fingerprint density at radius 3 is 3.00 bits per heavy atom. The van der Waals surface area contributed by atoms with Crippen LogP contribution in [0.25, 0.3) is 0 Å². The van der Waals surface area contributed by atoms with Gasteiger partial charge in [-0.05, 0) is 25.2 Å². The Morgan fingerprint density at radius 1 is 1.60 bits per heavy atom. The van der Waals surface area contributed by atoms with Gasteiger partial charge < -0.3 is 10.4 Å². The minimum absolute atomic E-state index is 0.0748. The number of aryl methyl sites for hydroxylation is 1. The molecule has 114 valence electrons. The van der Waals surface area contributed by atoms with E-state index < -0.39 is 0 Å². The van der Waals surface area contributed by atoms with Crippen LogP contribution in [0.2, 0.25) is 0 Å². The number of nitrogens with zero attached hydrogens (tertiary/aromatic N) is 3. The molecule has 6 heteroatoms. The van der Waals surface area contributed by atoms with E-state index in [4.69, 9.17) is 0 Å². The number of aromatic nitrogens is 3. The number of thioether (sulfide) groups is 1. The van der Waals surface area contributed by atoms with Crippen LogP contribution in [0.4, 0.5) is 0 Å². The van der Waals surface area contributed by atoms with Crippen molar-refractivity contribution < 1.29 is 5.11 Å². The van der Waals surface area contributed by atoms with Crippen LogP contribution in [-0.2, 0) is 7.05 Å². The first-order valence-electron chi connectivity index (χ1n) is 7.43. The van der Waals surface area contributed by atoms with Gasteiger partial charge in [0.1, 0.15) is 6.33 Å². The predicted molar refractivity (Wildman–Crippen MR) is 81.8 cm³/mol. The first kappa shape index (κ1) is 15.8. The molecular formula is C14H26N4OS. The molecule has 0 spiro atoms. The molecule has 0 aromatic carbocycles. The summed E-state index contributed by atoms with van der Waals surface area (Å²) in [6.45, 7) is 4.55. The molecule has 1 aromatic rings. The highest BCUT2D eigenvalue weighted by Gasteiger charge is 2.42. The molecule has 1 aliphatic carbocycles. The van der Waals surface area contributed by atoms with E-state index >= 15 is 0 Å². The zero-order valence-electron chi connectivity index (χ0n) is 12.7. The van der Waals surface area contributed by atoms with Gasteiger partial charge in [-0.1, -0.05) is 32.0 Å². The summed E-state index contributed by atoms with van der Waals surface area (Å²) in [5, 5.41) is 18.5. The minimum Gasteiger partial charge on any atom is -0.394 e. The van der Waals surface area contributed by atoms with Crippen LogP contribution >= 0.6 is 11.8 Å². The molecule has 2 rings (SSSR count). The highest BCUT2D eigenvalue weighted by atomic mass is 32.2. The maximum Gasteiger partial charge on any atom is 0.185 e. The number of nitrogens with one attached hydrogen (secondary N) is 1. The van der Waals surface area contributed by atoms with E-state index in [0.29, 0.717) is 12.0 Å². The van der Waals surface area contributed by atoms with Crippen LogP contribution in [0.15, 0.2) is 11.5 Å². The minimum atomic E-state index is -0.0748. The fourth-order valence-corrected chi connectivity index (χ4v) is 4.23. The zero-order valence-corrected chi connectivity index (χ0v) is 13.5. The van der Waals surface area contributed by atoms with Crippen molar-refractivity contribution in [3.8, 4) is 0 Å². The molecule has 0 bridgehead atoms. The molecule has 0 radical (unpaired) electrons. The second-order valence-corrected chi connectivity index (χ2v) is 7.07. The van der Waals surface area contributed by atoms with Gasteiger partial charge in [0.2, 0.25) is 0 Å². The van der Waals surface area contributed by atoms with Crippen molar-refractivity contribution in [1.29, 1.82) is 0 Å². The summed E-state index contributed by atoms with van der Waals surface area (Å²) >= 11 is 1.75. The third-order valence-corrected chi connectivity index (χ3v) is 5.25. The van der Waals surface area contributed by atoms with E-state index in [9.17, 15) is 5.11 Å². The second-order valence-electron chi connectivity index (χ2n) is 6.01. The molecule has 2 N–H and O–H groups in total.